The van der Waals surface area contributed by atoms with E-state index >= 15 is 0 Å². The van der Waals surface area contributed by atoms with Gasteiger partial charge in [0.15, 0.2) is 0 Å². The Morgan fingerprint density at radius 1 is 0.960 bits per heavy atom. The van der Waals surface area contributed by atoms with Crippen LogP contribution in [0.15, 0.2) is 18.3 Å². The van der Waals surface area contributed by atoms with Gasteiger partial charge in [-0.05, 0) is 0 Å². The number of rotatable bonds is 11. The summed E-state index contributed by atoms with van der Waals surface area (Å²) in [6, 6.07) is 4.40. The van der Waals surface area contributed by atoms with Crippen LogP contribution in [0.5, 0.6) is 0 Å². The number of aromatic nitrogens is 2. The molecule has 2 heterocycles. The van der Waals surface area contributed by atoms with Crippen molar-refractivity contribution >= 4 is 33.4 Å². The number of hydrogen-bond donors (Lipinski definition) is 1. The zero-order valence-corrected chi connectivity index (χ0v) is 19.8. The molecule has 0 aliphatic carbocycles. The van der Waals surface area contributed by atoms with E-state index in [1.807, 2.05) is 7.05 Å². The van der Waals surface area contributed by atoms with Gasteiger partial charge in [0.25, 0.3) is 0 Å². The number of anilines is 1. The van der Waals surface area contributed by atoms with Crippen molar-refractivity contribution in [2.45, 2.75) is 79.5 Å². The summed E-state index contributed by atoms with van der Waals surface area (Å²) < 4.78 is 8.28. The van der Waals surface area contributed by atoms with E-state index in [-0.39, 0.29) is 0 Å². The summed E-state index contributed by atoms with van der Waals surface area (Å²) in [5, 5.41) is 3.37. The second-order valence-electron chi connectivity index (χ2n) is 7.55. The van der Waals surface area contributed by atoms with Crippen LogP contribution in [0.2, 0.25) is 13.3 Å². The minimum atomic E-state index is -2.48. The van der Waals surface area contributed by atoms with Crippen molar-refractivity contribution in [2.75, 3.05) is 12.4 Å². The van der Waals surface area contributed by atoms with Gasteiger partial charge in [0, 0.05) is 0 Å². The SMILES string of the molecule is CCC[CH2][Sn]([CH2]CCC)([CH2]CCC)[c]1cn2c(C)ccc2c(NC)n1. The molecular weight excluding hydrogens is 413 g/mol. The fourth-order valence-electron chi connectivity index (χ4n) is 3.99. The molecule has 140 valence electrons. The molecule has 0 aliphatic heterocycles. The number of fused-ring (bicyclic) bond motifs is 1. The first kappa shape index (κ1) is 20.6. The molecule has 2 aromatic heterocycles. The zero-order valence-electron chi connectivity index (χ0n) is 17.0. The molecule has 0 aromatic carbocycles. The molecule has 0 atom stereocenters. The quantitative estimate of drug-likeness (QED) is 0.443. The predicted molar refractivity (Wildman–Crippen MR) is 114 cm³/mol. The van der Waals surface area contributed by atoms with Gasteiger partial charge in [-0.2, -0.15) is 0 Å². The average molecular weight is 450 g/mol. The molecular formula is C21H37N3Sn. The van der Waals surface area contributed by atoms with E-state index in [0.29, 0.717) is 0 Å². The molecule has 25 heavy (non-hydrogen) atoms. The summed E-state index contributed by atoms with van der Waals surface area (Å²) in [5.74, 6) is 1.07. The molecule has 0 bridgehead atoms. The van der Waals surface area contributed by atoms with E-state index in [0.717, 1.165) is 5.82 Å². The molecule has 1 N–H and O–H groups in total. The molecule has 3 nitrogen and oxygen atoms in total. The number of unbranched alkanes of at least 4 members (excludes halogenated alkanes) is 3. The maximum absolute atomic E-state index is 5.23. The van der Waals surface area contributed by atoms with E-state index in [2.05, 4.69) is 55.7 Å². The van der Waals surface area contributed by atoms with Crippen LogP contribution < -0.4 is 9.03 Å². The van der Waals surface area contributed by atoms with E-state index in [4.69, 9.17) is 4.98 Å². The van der Waals surface area contributed by atoms with Crippen LogP contribution in [-0.4, -0.2) is 34.8 Å². The van der Waals surface area contributed by atoms with Gasteiger partial charge in [-0.3, -0.25) is 0 Å². The van der Waals surface area contributed by atoms with Crippen molar-refractivity contribution in [3.8, 4) is 0 Å². The normalized spacial score (nSPS) is 12.0. The second kappa shape index (κ2) is 9.84. The van der Waals surface area contributed by atoms with Gasteiger partial charge in [-0.15, -0.1) is 0 Å². The number of aryl methyl sites for hydroxylation is 1. The average Bonchev–Trinajstić information content (AvgIpc) is 3.02. The van der Waals surface area contributed by atoms with Crippen molar-refractivity contribution < 1.29 is 0 Å². The van der Waals surface area contributed by atoms with Crippen LogP contribution in [0, 0.1) is 6.92 Å². The van der Waals surface area contributed by atoms with Gasteiger partial charge in [0.1, 0.15) is 0 Å². The maximum atomic E-state index is 5.23. The van der Waals surface area contributed by atoms with Gasteiger partial charge >= 0.3 is 159 Å². The van der Waals surface area contributed by atoms with Crippen molar-refractivity contribution in [2.24, 2.45) is 0 Å². The van der Waals surface area contributed by atoms with Gasteiger partial charge < -0.3 is 0 Å². The van der Waals surface area contributed by atoms with Gasteiger partial charge in [-0.1, -0.05) is 0 Å². The third-order valence-corrected chi connectivity index (χ3v) is 20.7. The molecule has 0 radical (unpaired) electrons. The molecule has 0 unspecified atom stereocenters. The number of hydrogen-bond acceptors (Lipinski definition) is 2. The predicted octanol–water partition coefficient (Wildman–Crippen LogP) is 5.74. The van der Waals surface area contributed by atoms with E-state index in [1.165, 1.54) is 66.8 Å². The Hall–Kier alpha value is -0.711. The summed E-state index contributed by atoms with van der Waals surface area (Å²) in [6.07, 6.45) is 10.5. The molecule has 4 heteroatoms. The summed E-state index contributed by atoms with van der Waals surface area (Å²) >= 11 is -2.48. The topological polar surface area (TPSA) is 29.3 Å². The van der Waals surface area contributed by atoms with Crippen LogP contribution in [-0.2, 0) is 0 Å². The molecule has 0 spiro atoms. The van der Waals surface area contributed by atoms with Gasteiger partial charge in [0.05, 0.1) is 0 Å². The minimum absolute atomic E-state index is 1.07. The number of nitrogens with zero attached hydrogens (tertiary/aromatic N) is 2. The molecule has 0 aliphatic rings. The standard InChI is InChI=1S/C9H10N3.3C4H9.Sn/c1-7-3-4-8-9(10-2)11-5-6-12(7)8;3*1-3-4-2;/h3-4,6H,1-2H3,(H,10,11);3*1,3-4H2,2H3;. The summed E-state index contributed by atoms with van der Waals surface area (Å²) in [5.41, 5.74) is 2.53. The fourth-order valence-corrected chi connectivity index (χ4v) is 19.3. The van der Waals surface area contributed by atoms with Crippen molar-refractivity contribution in [3.63, 3.8) is 0 Å². The summed E-state index contributed by atoms with van der Waals surface area (Å²) in [6.45, 7) is 9.21. The molecule has 0 saturated heterocycles. The summed E-state index contributed by atoms with van der Waals surface area (Å²) in [4.78, 5) is 5.23. The third-order valence-electron chi connectivity index (χ3n) is 5.65. The Morgan fingerprint density at radius 2 is 1.52 bits per heavy atom. The Morgan fingerprint density at radius 3 is 2.00 bits per heavy atom. The second-order valence-corrected chi connectivity index (χ2v) is 20.6. The molecule has 0 saturated carbocycles. The third kappa shape index (κ3) is 4.72. The molecule has 0 fully saturated rings. The number of nitrogens with one attached hydrogen (secondary N) is 1. The van der Waals surface area contributed by atoms with Gasteiger partial charge in [-0.25, -0.2) is 0 Å². The molecule has 2 rings (SSSR count). The van der Waals surface area contributed by atoms with Crippen molar-refractivity contribution in [3.05, 3.63) is 24.0 Å². The summed E-state index contributed by atoms with van der Waals surface area (Å²) in [7, 11) is 2.01. The van der Waals surface area contributed by atoms with Crippen LogP contribution in [0.25, 0.3) is 5.52 Å². The van der Waals surface area contributed by atoms with E-state index in [1.54, 1.807) is 0 Å². The monoisotopic (exact) mass is 451 g/mol. The van der Waals surface area contributed by atoms with Crippen LogP contribution in [0.3, 0.4) is 0 Å². The van der Waals surface area contributed by atoms with Crippen LogP contribution >= 0.6 is 0 Å². The van der Waals surface area contributed by atoms with E-state index in [9.17, 15) is 0 Å². The molecule has 0 amide bonds. The Bertz CT molecular complexity index is 641. The van der Waals surface area contributed by atoms with Gasteiger partial charge in [0.2, 0.25) is 0 Å². The first-order valence-electron chi connectivity index (χ1n) is 10.3. The fraction of sp³-hybridized carbons (Fsp3) is 0.667. The zero-order chi connectivity index (χ0) is 18.3. The van der Waals surface area contributed by atoms with E-state index < -0.39 is 18.4 Å². The molecule has 2 aromatic rings. The van der Waals surface area contributed by atoms with Crippen LogP contribution in [0.1, 0.15) is 65.0 Å². The Kier molecular flexibility index (Phi) is 8.11. The first-order valence-corrected chi connectivity index (χ1v) is 17.8. The Labute approximate surface area is 158 Å². The Balaban J connectivity index is 2.56. The van der Waals surface area contributed by atoms with Crippen molar-refractivity contribution in [1.82, 2.24) is 9.38 Å². The first-order chi connectivity index (χ1) is 12.1. The van der Waals surface area contributed by atoms with Crippen molar-refractivity contribution in [1.29, 1.82) is 0 Å². The van der Waals surface area contributed by atoms with Crippen LogP contribution in [0.4, 0.5) is 5.82 Å².